The highest BCUT2D eigenvalue weighted by molar-refractivity contribution is 5.77. The van der Waals surface area contributed by atoms with Gasteiger partial charge in [-0.05, 0) is 37.1 Å². The summed E-state index contributed by atoms with van der Waals surface area (Å²) < 4.78 is 10.6. The molecule has 0 saturated carbocycles. The number of hydrogen-bond acceptors (Lipinski definition) is 4. The van der Waals surface area contributed by atoms with Gasteiger partial charge in [-0.15, -0.1) is 0 Å². The Bertz CT molecular complexity index is 459. The SMILES string of the molecule is N#Cc1ccc(OCC(=O)NC2CCCOC2)cc1. The fourth-order valence-electron chi connectivity index (χ4n) is 1.90. The fourth-order valence-corrected chi connectivity index (χ4v) is 1.90. The molecule has 19 heavy (non-hydrogen) atoms. The molecule has 5 nitrogen and oxygen atoms in total. The van der Waals surface area contributed by atoms with Gasteiger partial charge in [-0.2, -0.15) is 5.26 Å². The molecule has 1 aliphatic rings. The van der Waals surface area contributed by atoms with Gasteiger partial charge in [0.15, 0.2) is 6.61 Å². The van der Waals surface area contributed by atoms with Gasteiger partial charge in [0, 0.05) is 6.61 Å². The molecule has 0 spiro atoms. The molecule has 1 aromatic rings. The minimum absolute atomic E-state index is 0.0254. The monoisotopic (exact) mass is 260 g/mol. The van der Waals surface area contributed by atoms with Gasteiger partial charge in [0.1, 0.15) is 5.75 Å². The lowest BCUT2D eigenvalue weighted by Crippen LogP contribution is -2.42. The quantitative estimate of drug-likeness (QED) is 0.884. The first kappa shape index (κ1) is 13.4. The van der Waals surface area contributed by atoms with Crippen molar-refractivity contribution >= 4 is 5.91 Å². The van der Waals surface area contributed by atoms with E-state index in [0.717, 1.165) is 19.4 Å². The predicted octanol–water partition coefficient (Wildman–Crippen LogP) is 1.23. The topological polar surface area (TPSA) is 71.3 Å². The molecule has 5 heteroatoms. The Hall–Kier alpha value is -2.06. The zero-order valence-corrected chi connectivity index (χ0v) is 10.6. The zero-order valence-electron chi connectivity index (χ0n) is 10.6. The number of carbonyl (C=O) groups is 1. The maximum absolute atomic E-state index is 11.7. The highest BCUT2D eigenvalue weighted by Crippen LogP contribution is 2.11. The molecule has 1 N–H and O–H groups in total. The number of carbonyl (C=O) groups excluding carboxylic acids is 1. The van der Waals surface area contributed by atoms with Crippen LogP contribution in [0.25, 0.3) is 0 Å². The Balaban J connectivity index is 1.74. The molecule has 1 aliphatic heterocycles. The third-order valence-electron chi connectivity index (χ3n) is 2.88. The second kappa shape index (κ2) is 6.76. The molecule has 1 aromatic carbocycles. The normalized spacial score (nSPS) is 18.4. The minimum Gasteiger partial charge on any atom is -0.484 e. The van der Waals surface area contributed by atoms with Gasteiger partial charge in [-0.3, -0.25) is 4.79 Å². The van der Waals surface area contributed by atoms with Crippen molar-refractivity contribution in [3.05, 3.63) is 29.8 Å². The van der Waals surface area contributed by atoms with E-state index in [2.05, 4.69) is 5.32 Å². The summed E-state index contributed by atoms with van der Waals surface area (Å²) in [6, 6.07) is 8.78. The van der Waals surface area contributed by atoms with E-state index in [1.54, 1.807) is 24.3 Å². The van der Waals surface area contributed by atoms with Gasteiger partial charge in [-0.1, -0.05) is 0 Å². The molecule has 1 atom stereocenters. The van der Waals surface area contributed by atoms with Crippen LogP contribution in [0.15, 0.2) is 24.3 Å². The lowest BCUT2D eigenvalue weighted by molar-refractivity contribution is -0.124. The molecule has 0 aromatic heterocycles. The van der Waals surface area contributed by atoms with Gasteiger partial charge >= 0.3 is 0 Å². The highest BCUT2D eigenvalue weighted by Gasteiger charge is 2.16. The first-order valence-electron chi connectivity index (χ1n) is 6.28. The third-order valence-corrected chi connectivity index (χ3v) is 2.88. The van der Waals surface area contributed by atoms with E-state index in [1.807, 2.05) is 6.07 Å². The standard InChI is InChI=1S/C14H16N2O3/c15-8-11-3-5-13(6-4-11)19-10-14(17)16-12-2-1-7-18-9-12/h3-6,12H,1-2,7,9-10H2,(H,16,17). The van der Waals surface area contributed by atoms with Crippen molar-refractivity contribution in [1.82, 2.24) is 5.32 Å². The Kier molecular flexibility index (Phi) is 4.76. The minimum atomic E-state index is -0.153. The number of rotatable bonds is 4. The summed E-state index contributed by atoms with van der Waals surface area (Å²) in [5.41, 5.74) is 0.566. The fraction of sp³-hybridized carbons (Fsp3) is 0.429. The maximum Gasteiger partial charge on any atom is 0.258 e. The van der Waals surface area contributed by atoms with Crippen molar-refractivity contribution in [2.45, 2.75) is 18.9 Å². The van der Waals surface area contributed by atoms with Crippen LogP contribution in [0.3, 0.4) is 0 Å². The van der Waals surface area contributed by atoms with Crippen molar-refractivity contribution in [2.24, 2.45) is 0 Å². The Morgan fingerprint density at radius 3 is 2.89 bits per heavy atom. The predicted molar refractivity (Wildman–Crippen MR) is 68.6 cm³/mol. The number of nitrogens with one attached hydrogen (secondary N) is 1. The van der Waals surface area contributed by atoms with Crippen molar-refractivity contribution < 1.29 is 14.3 Å². The lowest BCUT2D eigenvalue weighted by atomic mass is 10.1. The molecule has 2 rings (SSSR count). The average Bonchev–Trinajstić information content (AvgIpc) is 2.47. The summed E-state index contributed by atoms with van der Waals surface area (Å²) in [5, 5.41) is 11.5. The molecular formula is C14H16N2O3. The number of amides is 1. The van der Waals surface area contributed by atoms with Crippen LogP contribution >= 0.6 is 0 Å². The van der Waals surface area contributed by atoms with Gasteiger partial charge in [0.05, 0.1) is 24.3 Å². The first-order chi connectivity index (χ1) is 9.28. The first-order valence-corrected chi connectivity index (χ1v) is 6.28. The van der Waals surface area contributed by atoms with E-state index in [1.165, 1.54) is 0 Å². The maximum atomic E-state index is 11.7. The Labute approximate surface area is 112 Å². The highest BCUT2D eigenvalue weighted by atomic mass is 16.5. The number of nitrogens with zero attached hydrogens (tertiary/aromatic N) is 1. The van der Waals surface area contributed by atoms with E-state index in [0.29, 0.717) is 17.9 Å². The molecule has 0 bridgehead atoms. The van der Waals surface area contributed by atoms with Crippen LogP contribution in [0.5, 0.6) is 5.75 Å². The van der Waals surface area contributed by atoms with Crippen LogP contribution in [0.2, 0.25) is 0 Å². The van der Waals surface area contributed by atoms with Crippen LogP contribution in [0.4, 0.5) is 0 Å². The van der Waals surface area contributed by atoms with Gasteiger partial charge < -0.3 is 14.8 Å². The van der Waals surface area contributed by atoms with Crippen LogP contribution < -0.4 is 10.1 Å². The van der Waals surface area contributed by atoms with Crippen molar-refractivity contribution in [3.63, 3.8) is 0 Å². The molecule has 1 amide bonds. The summed E-state index contributed by atoms with van der Waals surface area (Å²) in [6.07, 6.45) is 1.92. The average molecular weight is 260 g/mol. The van der Waals surface area contributed by atoms with E-state index in [-0.39, 0.29) is 18.6 Å². The van der Waals surface area contributed by atoms with Crippen molar-refractivity contribution in [2.75, 3.05) is 19.8 Å². The van der Waals surface area contributed by atoms with Crippen LogP contribution in [-0.2, 0) is 9.53 Å². The second-order valence-electron chi connectivity index (χ2n) is 4.41. The molecule has 100 valence electrons. The second-order valence-corrected chi connectivity index (χ2v) is 4.41. The number of benzene rings is 1. The van der Waals surface area contributed by atoms with Crippen LogP contribution in [-0.4, -0.2) is 31.8 Å². The Morgan fingerprint density at radius 1 is 1.47 bits per heavy atom. The number of hydrogen-bond donors (Lipinski definition) is 1. The van der Waals surface area contributed by atoms with E-state index >= 15 is 0 Å². The zero-order chi connectivity index (χ0) is 13.5. The summed E-state index contributed by atoms with van der Waals surface area (Å²) in [5.74, 6) is 0.425. The van der Waals surface area contributed by atoms with E-state index in [4.69, 9.17) is 14.7 Å². The molecule has 1 fully saturated rings. The molecule has 1 unspecified atom stereocenters. The van der Waals surface area contributed by atoms with Crippen molar-refractivity contribution in [3.8, 4) is 11.8 Å². The van der Waals surface area contributed by atoms with Gasteiger partial charge in [0.25, 0.3) is 5.91 Å². The molecule has 0 radical (unpaired) electrons. The Morgan fingerprint density at radius 2 is 2.26 bits per heavy atom. The van der Waals surface area contributed by atoms with E-state index in [9.17, 15) is 4.79 Å². The molecule has 0 aliphatic carbocycles. The lowest BCUT2D eigenvalue weighted by Gasteiger charge is -2.23. The summed E-state index contributed by atoms with van der Waals surface area (Å²) in [7, 11) is 0. The van der Waals surface area contributed by atoms with Crippen LogP contribution in [0, 0.1) is 11.3 Å². The summed E-state index contributed by atoms with van der Waals surface area (Å²) in [6.45, 7) is 1.32. The third kappa shape index (κ3) is 4.27. The van der Waals surface area contributed by atoms with E-state index < -0.39 is 0 Å². The summed E-state index contributed by atoms with van der Waals surface area (Å²) in [4.78, 5) is 11.7. The van der Waals surface area contributed by atoms with Gasteiger partial charge in [0.2, 0.25) is 0 Å². The largest absolute Gasteiger partial charge is 0.484 e. The smallest absolute Gasteiger partial charge is 0.258 e. The van der Waals surface area contributed by atoms with Crippen molar-refractivity contribution in [1.29, 1.82) is 5.26 Å². The van der Waals surface area contributed by atoms with Gasteiger partial charge in [-0.25, -0.2) is 0 Å². The molecule has 1 heterocycles. The van der Waals surface area contributed by atoms with Crippen LogP contribution in [0.1, 0.15) is 18.4 Å². The number of nitriles is 1. The molecule has 1 saturated heterocycles. The molecular weight excluding hydrogens is 244 g/mol. The summed E-state index contributed by atoms with van der Waals surface area (Å²) >= 11 is 0. The number of ether oxygens (including phenoxy) is 2.